The number of hydrogen-bond acceptors (Lipinski definition) is 2. The van der Waals surface area contributed by atoms with E-state index in [4.69, 9.17) is 5.26 Å². The van der Waals surface area contributed by atoms with Gasteiger partial charge in [-0.1, -0.05) is 30.3 Å². The van der Waals surface area contributed by atoms with Crippen molar-refractivity contribution in [3.63, 3.8) is 0 Å². The highest BCUT2D eigenvalue weighted by Crippen LogP contribution is 2.21. The summed E-state index contributed by atoms with van der Waals surface area (Å²) in [5.41, 5.74) is 4.03. The molecule has 1 N–H and O–H groups in total. The van der Waals surface area contributed by atoms with E-state index >= 15 is 0 Å². The molecule has 2 aromatic rings. The normalized spacial score (nSPS) is 11.6. The zero-order valence-electron chi connectivity index (χ0n) is 10.6. The molecule has 0 unspecified atom stereocenters. The first-order valence-electron chi connectivity index (χ1n) is 6.03. The van der Waals surface area contributed by atoms with Crippen molar-refractivity contribution < 1.29 is 0 Å². The smallest absolute Gasteiger partial charge is 0.0994 e. The van der Waals surface area contributed by atoms with Gasteiger partial charge in [-0.2, -0.15) is 5.26 Å². The lowest BCUT2D eigenvalue weighted by Crippen LogP contribution is -2.06. The standard InChI is InChI=1S/C16H16N2/c1-12-10-16(9-8-15(12)11-17)18-13(2)14-6-4-3-5-7-14/h3-10,13,18H,1-2H3/t13-/m1/s1. The zero-order valence-corrected chi connectivity index (χ0v) is 10.6. The molecular weight excluding hydrogens is 220 g/mol. The van der Waals surface area contributed by atoms with Crippen LogP contribution in [0, 0.1) is 18.3 Å². The molecule has 0 fully saturated rings. The van der Waals surface area contributed by atoms with Gasteiger partial charge in [0.1, 0.15) is 0 Å². The predicted octanol–water partition coefficient (Wildman–Crippen LogP) is 4.04. The maximum atomic E-state index is 8.90. The minimum absolute atomic E-state index is 0.249. The Kier molecular flexibility index (Phi) is 3.64. The zero-order chi connectivity index (χ0) is 13.0. The van der Waals surface area contributed by atoms with Gasteiger partial charge in [-0.05, 0) is 43.2 Å². The molecule has 0 aliphatic heterocycles. The summed E-state index contributed by atoms with van der Waals surface area (Å²) < 4.78 is 0. The summed E-state index contributed by atoms with van der Waals surface area (Å²) in [6.07, 6.45) is 0. The summed E-state index contributed by atoms with van der Waals surface area (Å²) in [4.78, 5) is 0. The summed E-state index contributed by atoms with van der Waals surface area (Å²) in [5, 5.41) is 12.3. The van der Waals surface area contributed by atoms with Gasteiger partial charge < -0.3 is 5.32 Å². The molecule has 0 spiro atoms. The SMILES string of the molecule is Cc1cc(N[C@H](C)c2ccccc2)ccc1C#N. The summed E-state index contributed by atoms with van der Waals surface area (Å²) >= 11 is 0. The molecule has 90 valence electrons. The third-order valence-electron chi connectivity index (χ3n) is 3.03. The Bertz CT molecular complexity index is 567. The Balaban J connectivity index is 2.15. The molecule has 2 aromatic carbocycles. The van der Waals surface area contributed by atoms with Crippen molar-refractivity contribution in [1.29, 1.82) is 5.26 Å². The monoisotopic (exact) mass is 236 g/mol. The molecule has 0 saturated carbocycles. The van der Waals surface area contributed by atoms with Crippen molar-refractivity contribution in [2.75, 3.05) is 5.32 Å². The molecule has 0 bridgehead atoms. The highest BCUT2D eigenvalue weighted by atomic mass is 14.9. The topological polar surface area (TPSA) is 35.8 Å². The summed E-state index contributed by atoms with van der Waals surface area (Å²) in [6, 6.07) is 18.6. The van der Waals surface area contributed by atoms with Crippen molar-refractivity contribution in [1.82, 2.24) is 0 Å². The summed E-state index contributed by atoms with van der Waals surface area (Å²) in [7, 11) is 0. The second-order valence-electron chi connectivity index (χ2n) is 4.42. The highest BCUT2D eigenvalue weighted by Gasteiger charge is 2.05. The molecule has 18 heavy (non-hydrogen) atoms. The van der Waals surface area contributed by atoms with Gasteiger partial charge in [0.2, 0.25) is 0 Å². The average Bonchev–Trinajstić information content (AvgIpc) is 2.40. The van der Waals surface area contributed by atoms with Crippen LogP contribution >= 0.6 is 0 Å². The summed E-state index contributed by atoms with van der Waals surface area (Å²) in [5.74, 6) is 0. The summed E-state index contributed by atoms with van der Waals surface area (Å²) in [6.45, 7) is 4.08. The van der Waals surface area contributed by atoms with Gasteiger partial charge in [0, 0.05) is 11.7 Å². The molecule has 2 nitrogen and oxygen atoms in total. The molecule has 2 rings (SSSR count). The van der Waals surface area contributed by atoms with Crippen LogP contribution in [0.4, 0.5) is 5.69 Å². The minimum Gasteiger partial charge on any atom is -0.379 e. The number of benzene rings is 2. The van der Waals surface area contributed by atoms with E-state index < -0.39 is 0 Å². The second kappa shape index (κ2) is 5.37. The van der Waals surface area contributed by atoms with Crippen LogP contribution in [0.3, 0.4) is 0 Å². The first-order valence-corrected chi connectivity index (χ1v) is 6.03. The van der Waals surface area contributed by atoms with Gasteiger partial charge in [-0.3, -0.25) is 0 Å². The fourth-order valence-corrected chi connectivity index (χ4v) is 1.95. The average molecular weight is 236 g/mol. The largest absolute Gasteiger partial charge is 0.379 e. The minimum atomic E-state index is 0.249. The molecule has 0 radical (unpaired) electrons. The third-order valence-corrected chi connectivity index (χ3v) is 3.03. The van der Waals surface area contributed by atoms with Gasteiger partial charge in [0.05, 0.1) is 11.6 Å². The van der Waals surface area contributed by atoms with Gasteiger partial charge in [0.15, 0.2) is 0 Å². The Morgan fingerprint density at radius 1 is 1.11 bits per heavy atom. The maximum absolute atomic E-state index is 8.90. The van der Waals surface area contributed by atoms with E-state index in [1.54, 1.807) is 0 Å². The van der Waals surface area contributed by atoms with Crippen LogP contribution in [-0.4, -0.2) is 0 Å². The van der Waals surface area contributed by atoms with Crippen molar-refractivity contribution >= 4 is 5.69 Å². The highest BCUT2D eigenvalue weighted by molar-refractivity contribution is 5.52. The van der Waals surface area contributed by atoms with Crippen LogP contribution in [0.5, 0.6) is 0 Å². The number of anilines is 1. The molecule has 0 aliphatic carbocycles. The molecule has 2 heteroatoms. The molecule has 0 amide bonds. The molecule has 1 atom stereocenters. The molecule has 0 aromatic heterocycles. The van der Waals surface area contributed by atoms with Crippen LogP contribution in [0.1, 0.15) is 29.7 Å². The third kappa shape index (κ3) is 2.70. The van der Waals surface area contributed by atoms with E-state index in [-0.39, 0.29) is 6.04 Å². The Morgan fingerprint density at radius 2 is 1.83 bits per heavy atom. The van der Waals surface area contributed by atoms with Crippen LogP contribution < -0.4 is 5.32 Å². The van der Waals surface area contributed by atoms with Crippen molar-refractivity contribution in [2.24, 2.45) is 0 Å². The van der Waals surface area contributed by atoms with Crippen molar-refractivity contribution in [3.8, 4) is 6.07 Å². The fraction of sp³-hybridized carbons (Fsp3) is 0.188. The van der Waals surface area contributed by atoms with E-state index in [0.29, 0.717) is 0 Å². The number of nitriles is 1. The lowest BCUT2D eigenvalue weighted by atomic mass is 10.1. The fourth-order valence-electron chi connectivity index (χ4n) is 1.95. The maximum Gasteiger partial charge on any atom is 0.0994 e. The molecule has 0 saturated heterocycles. The number of aryl methyl sites for hydroxylation is 1. The van der Waals surface area contributed by atoms with Crippen LogP contribution in [0.25, 0.3) is 0 Å². The van der Waals surface area contributed by atoms with E-state index in [0.717, 1.165) is 16.8 Å². The number of rotatable bonds is 3. The lowest BCUT2D eigenvalue weighted by Gasteiger charge is -2.16. The van der Waals surface area contributed by atoms with Crippen molar-refractivity contribution in [3.05, 3.63) is 65.2 Å². The van der Waals surface area contributed by atoms with E-state index in [9.17, 15) is 0 Å². The predicted molar refractivity (Wildman–Crippen MR) is 74.4 cm³/mol. The van der Waals surface area contributed by atoms with Gasteiger partial charge >= 0.3 is 0 Å². The van der Waals surface area contributed by atoms with E-state index in [1.807, 2.05) is 43.3 Å². The van der Waals surface area contributed by atoms with E-state index in [1.165, 1.54) is 5.56 Å². The number of nitrogens with zero attached hydrogens (tertiary/aromatic N) is 1. The first kappa shape index (κ1) is 12.2. The quantitative estimate of drug-likeness (QED) is 0.873. The Morgan fingerprint density at radius 3 is 2.44 bits per heavy atom. The van der Waals surface area contributed by atoms with Gasteiger partial charge in [-0.25, -0.2) is 0 Å². The molecular formula is C16H16N2. The van der Waals surface area contributed by atoms with Crippen LogP contribution in [0.2, 0.25) is 0 Å². The Labute approximate surface area is 108 Å². The Hall–Kier alpha value is -2.27. The number of nitrogens with one attached hydrogen (secondary N) is 1. The molecule has 0 heterocycles. The van der Waals surface area contributed by atoms with Crippen LogP contribution in [-0.2, 0) is 0 Å². The second-order valence-corrected chi connectivity index (χ2v) is 4.42. The van der Waals surface area contributed by atoms with E-state index in [2.05, 4.69) is 30.4 Å². The van der Waals surface area contributed by atoms with Gasteiger partial charge in [0.25, 0.3) is 0 Å². The molecule has 0 aliphatic rings. The van der Waals surface area contributed by atoms with Crippen molar-refractivity contribution in [2.45, 2.75) is 19.9 Å². The first-order chi connectivity index (χ1) is 8.70. The van der Waals surface area contributed by atoms with Gasteiger partial charge in [-0.15, -0.1) is 0 Å². The number of hydrogen-bond donors (Lipinski definition) is 1. The van der Waals surface area contributed by atoms with Crippen LogP contribution in [0.15, 0.2) is 48.5 Å². The lowest BCUT2D eigenvalue weighted by molar-refractivity contribution is 0.884.